The van der Waals surface area contributed by atoms with Crippen molar-refractivity contribution in [1.29, 1.82) is 0 Å². The molecular formula is C26H31N3O5. The molecule has 0 fully saturated rings. The van der Waals surface area contributed by atoms with E-state index in [0.717, 1.165) is 24.8 Å². The van der Waals surface area contributed by atoms with Crippen LogP contribution in [0.4, 0.5) is 0 Å². The van der Waals surface area contributed by atoms with E-state index in [-0.39, 0.29) is 24.8 Å². The molecule has 0 aliphatic carbocycles. The number of unbranched alkanes of at least 4 members (excludes halogenated alkanes) is 2. The number of H-pyrrole nitrogens is 1. The van der Waals surface area contributed by atoms with Crippen LogP contribution in [0.1, 0.15) is 60.8 Å². The Hall–Kier alpha value is -3.52. The topological polar surface area (TPSA) is 108 Å². The Morgan fingerprint density at radius 3 is 2.65 bits per heavy atom. The number of amides is 1. The summed E-state index contributed by atoms with van der Waals surface area (Å²) in [6, 6.07) is 12.1. The summed E-state index contributed by atoms with van der Waals surface area (Å²) in [5.41, 5.74) is 2.87. The maximum Gasteiger partial charge on any atom is 0.273 e. The van der Waals surface area contributed by atoms with Crippen molar-refractivity contribution in [3.63, 3.8) is 0 Å². The summed E-state index contributed by atoms with van der Waals surface area (Å²) < 4.78 is 11.8. The van der Waals surface area contributed by atoms with Gasteiger partial charge in [-0.2, -0.15) is 5.10 Å². The number of hydrogen-bond acceptors (Lipinski definition) is 6. The van der Waals surface area contributed by atoms with E-state index < -0.39 is 6.04 Å². The van der Waals surface area contributed by atoms with Gasteiger partial charge in [-0.3, -0.25) is 9.89 Å². The zero-order chi connectivity index (χ0) is 24.1. The molecule has 0 saturated heterocycles. The van der Waals surface area contributed by atoms with Crippen LogP contribution in [-0.4, -0.2) is 57.6 Å². The molecule has 2 aromatic carbocycles. The van der Waals surface area contributed by atoms with Crippen molar-refractivity contribution in [2.45, 2.75) is 39.2 Å². The summed E-state index contributed by atoms with van der Waals surface area (Å²) in [6.45, 7) is 5.12. The fourth-order valence-electron chi connectivity index (χ4n) is 4.38. The second-order valence-electron chi connectivity index (χ2n) is 8.20. The minimum atomic E-state index is -0.503. The zero-order valence-electron chi connectivity index (χ0n) is 19.6. The molecule has 1 amide bonds. The minimum Gasteiger partial charge on any atom is -0.507 e. The Bertz CT molecular complexity index is 1140. The lowest BCUT2D eigenvalue weighted by Crippen LogP contribution is -2.32. The molecule has 8 nitrogen and oxygen atoms in total. The van der Waals surface area contributed by atoms with Crippen LogP contribution < -0.4 is 9.47 Å². The summed E-state index contributed by atoms with van der Waals surface area (Å²) >= 11 is 0. The van der Waals surface area contributed by atoms with Crippen LogP contribution in [0.2, 0.25) is 0 Å². The Balaban J connectivity index is 1.77. The molecule has 0 unspecified atom stereocenters. The van der Waals surface area contributed by atoms with Gasteiger partial charge in [-0.05, 0) is 43.2 Å². The molecule has 1 aromatic heterocycles. The number of nitrogens with zero attached hydrogens (tertiary/aromatic N) is 2. The molecule has 0 bridgehead atoms. The predicted octanol–water partition coefficient (Wildman–Crippen LogP) is 4.29. The number of aromatic amines is 1. The average Bonchev–Trinajstić information content (AvgIpc) is 3.37. The van der Waals surface area contributed by atoms with E-state index in [4.69, 9.17) is 9.47 Å². The number of phenols is 1. The molecule has 0 saturated carbocycles. The number of aliphatic hydroxyl groups excluding tert-OH is 1. The summed E-state index contributed by atoms with van der Waals surface area (Å²) in [5, 5.41) is 27.3. The van der Waals surface area contributed by atoms with Crippen LogP contribution in [0.3, 0.4) is 0 Å². The smallest absolute Gasteiger partial charge is 0.273 e. The molecule has 0 spiro atoms. The highest BCUT2D eigenvalue weighted by Crippen LogP contribution is 2.45. The number of carbonyl (C=O) groups is 1. The molecular weight excluding hydrogens is 434 g/mol. The normalized spacial score (nSPS) is 15.0. The molecule has 1 aliphatic rings. The number of β-amino-alcohol motifs (C(OH)–C–C–N with tert-alkyl or cyclic N) is 1. The summed E-state index contributed by atoms with van der Waals surface area (Å²) in [5.74, 6) is 1.09. The van der Waals surface area contributed by atoms with E-state index >= 15 is 0 Å². The van der Waals surface area contributed by atoms with Gasteiger partial charge < -0.3 is 24.6 Å². The molecule has 0 radical (unpaired) electrons. The highest BCUT2D eigenvalue weighted by molar-refractivity contribution is 6.00. The van der Waals surface area contributed by atoms with Crippen molar-refractivity contribution in [3.8, 4) is 28.5 Å². The van der Waals surface area contributed by atoms with E-state index in [1.807, 2.05) is 31.2 Å². The minimum absolute atomic E-state index is 0.0782. The quantitative estimate of drug-likeness (QED) is 0.365. The number of aliphatic hydroxyl groups is 1. The van der Waals surface area contributed by atoms with Crippen molar-refractivity contribution in [2.75, 3.05) is 26.4 Å². The maximum absolute atomic E-state index is 13.2. The average molecular weight is 466 g/mol. The maximum atomic E-state index is 13.2. The van der Waals surface area contributed by atoms with Crippen molar-refractivity contribution in [2.24, 2.45) is 0 Å². The second-order valence-corrected chi connectivity index (χ2v) is 8.20. The highest BCUT2D eigenvalue weighted by atomic mass is 16.5. The molecule has 1 atom stereocenters. The molecule has 2 heterocycles. The van der Waals surface area contributed by atoms with E-state index in [9.17, 15) is 15.0 Å². The number of aromatic hydroxyl groups is 1. The van der Waals surface area contributed by atoms with Gasteiger partial charge in [0.05, 0.1) is 25.9 Å². The lowest BCUT2D eigenvalue weighted by molar-refractivity contribution is 0.0706. The SMILES string of the molecule is CCCCCOc1ccc([C@H]2c3c(-c4ccccc4O)n[nH]c3C(=O)N2CCO)cc1OCC. The first-order chi connectivity index (χ1) is 16.6. The van der Waals surface area contributed by atoms with E-state index in [0.29, 0.717) is 47.2 Å². The number of ether oxygens (including phenoxy) is 2. The Labute approximate surface area is 199 Å². The second kappa shape index (κ2) is 10.6. The first-order valence-electron chi connectivity index (χ1n) is 11.8. The van der Waals surface area contributed by atoms with Crippen LogP contribution >= 0.6 is 0 Å². The summed E-state index contributed by atoms with van der Waals surface area (Å²) in [6.07, 6.45) is 3.18. The number of fused-ring (bicyclic) bond motifs is 1. The van der Waals surface area contributed by atoms with Crippen LogP contribution in [0.5, 0.6) is 17.2 Å². The van der Waals surface area contributed by atoms with Gasteiger partial charge in [0.15, 0.2) is 11.5 Å². The number of rotatable bonds is 11. The third-order valence-corrected chi connectivity index (χ3v) is 5.95. The Morgan fingerprint density at radius 2 is 1.91 bits per heavy atom. The third-order valence-electron chi connectivity index (χ3n) is 5.95. The van der Waals surface area contributed by atoms with Gasteiger partial charge in [0, 0.05) is 17.7 Å². The fourth-order valence-corrected chi connectivity index (χ4v) is 4.38. The van der Waals surface area contributed by atoms with Gasteiger partial charge in [0.25, 0.3) is 5.91 Å². The predicted molar refractivity (Wildman–Crippen MR) is 128 cm³/mol. The zero-order valence-corrected chi connectivity index (χ0v) is 19.6. The number of nitrogens with one attached hydrogen (secondary N) is 1. The van der Waals surface area contributed by atoms with Crippen molar-refractivity contribution >= 4 is 5.91 Å². The summed E-state index contributed by atoms with van der Waals surface area (Å²) in [4.78, 5) is 14.8. The summed E-state index contributed by atoms with van der Waals surface area (Å²) in [7, 11) is 0. The van der Waals surface area contributed by atoms with Gasteiger partial charge in [0.1, 0.15) is 17.1 Å². The molecule has 3 aromatic rings. The molecule has 34 heavy (non-hydrogen) atoms. The number of hydrogen-bond donors (Lipinski definition) is 3. The number of phenolic OH excluding ortho intramolecular Hbond substituents is 1. The van der Waals surface area contributed by atoms with E-state index in [1.54, 1.807) is 23.1 Å². The van der Waals surface area contributed by atoms with Gasteiger partial charge in [0.2, 0.25) is 0 Å². The number of para-hydroxylation sites is 1. The highest BCUT2D eigenvalue weighted by Gasteiger charge is 2.42. The monoisotopic (exact) mass is 465 g/mol. The Kier molecular flexibility index (Phi) is 7.37. The van der Waals surface area contributed by atoms with Crippen molar-refractivity contribution in [1.82, 2.24) is 15.1 Å². The molecule has 180 valence electrons. The van der Waals surface area contributed by atoms with Gasteiger partial charge >= 0.3 is 0 Å². The lowest BCUT2D eigenvalue weighted by Gasteiger charge is -2.26. The van der Waals surface area contributed by atoms with Crippen LogP contribution in [0.25, 0.3) is 11.3 Å². The first-order valence-corrected chi connectivity index (χ1v) is 11.8. The van der Waals surface area contributed by atoms with Crippen LogP contribution in [0.15, 0.2) is 42.5 Å². The third kappa shape index (κ3) is 4.46. The van der Waals surface area contributed by atoms with Crippen molar-refractivity contribution < 1.29 is 24.5 Å². The molecule has 8 heteroatoms. The fraction of sp³-hybridized carbons (Fsp3) is 0.385. The van der Waals surface area contributed by atoms with Crippen LogP contribution in [0, 0.1) is 0 Å². The van der Waals surface area contributed by atoms with Gasteiger partial charge in [-0.15, -0.1) is 0 Å². The van der Waals surface area contributed by atoms with Gasteiger partial charge in [-0.25, -0.2) is 0 Å². The standard InChI is InChI=1S/C26H31N3O5/c1-3-5-8-15-34-20-12-11-17(16-21(20)33-4-2)25-22-23(18-9-6-7-10-19(18)31)27-28-24(22)26(32)29(25)13-14-30/h6-7,9-12,16,25,30-31H,3-5,8,13-15H2,1-2H3,(H,27,28)/t25-/m0/s1. The van der Waals surface area contributed by atoms with E-state index in [1.165, 1.54) is 0 Å². The molecule has 4 rings (SSSR count). The van der Waals surface area contributed by atoms with Crippen LogP contribution in [-0.2, 0) is 0 Å². The number of aromatic nitrogens is 2. The lowest BCUT2D eigenvalue weighted by atomic mass is 9.95. The van der Waals surface area contributed by atoms with Gasteiger partial charge in [-0.1, -0.05) is 38.0 Å². The molecule has 3 N–H and O–H groups in total. The number of carbonyl (C=O) groups excluding carboxylic acids is 1. The Morgan fingerprint density at radius 1 is 1.09 bits per heavy atom. The molecule has 1 aliphatic heterocycles. The largest absolute Gasteiger partial charge is 0.507 e. The number of benzene rings is 2. The van der Waals surface area contributed by atoms with Crippen molar-refractivity contribution in [3.05, 3.63) is 59.3 Å². The first kappa shape index (κ1) is 23.6. The van der Waals surface area contributed by atoms with E-state index in [2.05, 4.69) is 17.1 Å².